The molecule has 0 bridgehead atoms. The van der Waals surface area contributed by atoms with E-state index < -0.39 is 26.4 Å². The third kappa shape index (κ3) is 9.45. The molecule has 0 aliphatic heterocycles. The van der Waals surface area contributed by atoms with Crippen molar-refractivity contribution in [1.82, 2.24) is 14.6 Å². The molecule has 0 radical (unpaired) electrons. The van der Waals surface area contributed by atoms with Crippen LogP contribution in [0.15, 0.2) is 47.4 Å². The number of rotatable bonds is 14. The van der Waals surface area contributed by atoms with E-state index in [4.69, 9.17) is 23.7 Å². The van der Waals surface area contributed by atoms with Gasteiger partial charge in [-0.05, 0) is 45.4 Å². The van der Waals surface area contributed by atoms with Crippen LogP contribution in [0.1, 0.15) is 40.3 Å². The quantitative estimate of drug-likeness (QED) is 0.209. The summed E-state index contributed by atoms with van der Waals surface area (Å²) in [6.45, 7) is 7.27. The minimum Gasteiger partial charge on any atom is -0.462 e. The third-order valence-corrected chi connectivity index (χ3v) is 5.39. The van der Waals surface area contributed by atoms with E-state index in [-0.39, 0.29) is 31.2 Å². The molecule has 2 rings (SSSR count). The number of carbonyl (C=O) groups is 1. The van der Waals surface area contributed by atoms with Gasteiger partial charge in [0.1, 0.15) is 18.5 Å². The molecule has 1 aromatic carbocycles. The van der Waals surface area contributed by atoms with Crippen LogP contribution in [0.2, 0.25) is 0 Å². The maximum absolute atomic E-state index is 12.1. The number of para-hydroxylation sites is 1. The molecular formula is C21H31N4O7P. The van der Waals surface area contributed by atoms with Crippen LogP contribution in [-0.4, -0.2) is 46.1 Å². The Morgan fingerprint density at radius 2 is 1.94 bits per heavy atom. The Hall–Kier alpha value is -2.56. The number of anilines is 1. The van der Waals surface area contributed by atoms with E-state index in [0.29, 0.717) is 12.2 Å². The van der Waals surface area contributed by atoms with E-state index in [1.807, 2.05) is 30.6 Å². The third-order valence-electron chi connectivity index (χ3n) is 4.21. The fourth-order valence-corrected chi connectivity index (χ4v) is 3.70. The Bertz CT molecular complexity index is 913. The lowest BCUT2D eigenvalue weighted by atomic mass is 10.3. The summed E-state index contributed by atoms with van der Waals surface area (Å²) >= 11 is 0. The van der Waals surface area contributed by atoms with Crippen molar-refractivity contribution in [3.8, 4) is 5.75 Å². The first-order chi connectivity index (χ1) is 15.8. The van der Waals surface area contributed by atoms with Gasteiger partial charge in [0.15, 0.2) is 5.82 Å². The number of nitrogens with zero attached hydrogens (tertiary/aromatic N) is 2. The molecule has 0 amide bonds. The molecule has 0 aliphatic carbocycles. The van der Waals surface area contributed by atoms with Crippen LogP contribution in [0.5, 0.6) is 5.75 Å². The second-order valence-electron chi connectivity index (χ2n) is 7.21. The van der Waals surface area contributed by atoms with Crippen molar-refractivity contribution in [2.45, 2.75) is 52.6 Å². The van der Waals surface area contributed by atoms with Crippen molar-refractivity contribution in [3.63, 3.8) is 0 Å². The first-order valence-corrected chi connectivity index (χ1v) is 11.7. The summed E-state index contributed by atoms with van der Waals surface area (Å²) in [6.07, 6.45) is 0.866. The molecule has 3 atom stereocenters. The van der Waals surface area contributed by atoms with Gasteiger partial charge in [0.25, 0.3) is 0 Å². The van der Waals surface area contributed by atoms with Crippen LogP contribution in [0, 0.1) is 0 Å². The highest BCUT2D eigenvalue weighted by molar-refractivity contribution is 7.45. The zero-order valence-electron chi connectivity index (χ0n) is 19.1. The van der Waals surface area contributed by atoms with Crippen LogP contribution in [0.3, 0.4) is 0 Å². The molecule has 2 aromatic rings. The highest BCUT2D eigenvalue weighted by atomic mass is 31.2. The van der Waals surface area contributed by atoms with Gasteiger partial charge in [0.2, 0.25) is 0 Å². The minimum atomic E-state index is -1.67. The topological polar surface area (TPSA) is 133 Å². The summed E-state index contributed by atoms with van der Waals surface area (Å²) in [5.74, 6) is 0.220. The fraction of sp³-hybridized carbons (Fsp3) is 0.476. The zero-order valence-corrected chi connectivity index (χ0v) is 20.0. The van der Waals surface area contributed by atoms with Crippen LogP contribution >= 0.6 is 8.53 Å². The van der Waals surface area contributed by atoms with Gasteiger partial charge in [-0.25, -0.2) is 9.88 Å². The normalized spacial score (nSPS) is 13.9. The van der Waals surface area contributed by atoms with Crippen LogP contribution < -0.4 is 20.8 Å². The molecule has 182 valence electrons. The average Bonchev–Trinajstić information content (AvgIpc) is 2.79. The van der Waals surface area contributed by atoms with Gasteiger partial charge in [0.05, 0.1) is 18.8 Å². The van der Waals surface area contributed by atoms with Crippen LogP contribution in [0.25, 0.3) is 0 Å². The number of aromatic nitrogens is 2. The van der Waals surface area contributed by atoms with Gasteiger partial charge in [-0.1, -0.05) is 25.1 Å². The lowest BCUT2D eigenvalue weighted by Crippen LogP contribution is -2.31. The summed E-state index contributed by atoms with van der Waals surface area (Å²) in [5.41, 5.74) is 1.26. The number of benzene rings is 1. The van der Waals surface area contributed by atoms with Crippen molar-refractivity contribution < 1.29 is 28.5 Å². The lowest BCUT2D eigenvalue weighted by Gasteiger charge is -2.25. The maximum atomic E-state index is 12.1. The van der Waals surface area contributed by atoms with E-state index in [0.717, 1.165) is 0 Å². The number of ether oxygens (including phenoxy) is 2. The number of nitrogens with one attached hydrogen (secondary N) is 2. The summed E-state index contributed by atoms with van der Waals surface area (Å²) in [5, 5.41) is 11.8. The van der Waals surface area contributed by atoms with Crippen molar-refractivity contribution in [1.29, 1.82) is 0 Å². The average molecular weight is 482 g/mol. The Labute approximate surface area is 194 Å². The first kappa shape index (κ1) is 26.7. The summed E-state index contributed by atoms with van der Waals surface area (Å²) in [4.78, 5) is 27.7. The molecule has 0 aliphatic rings. The Morgan fingerprint density at radius 3 is 2.55 bits per heavy atom. The second kappa shape index (κ2) is 13.9. The smallest absolute Gasteiger partial charge is 0.351 e. The molecule has 12 heteroatoms. The minimum absolute atomic E-state index is 0.0459. The molecule has 1 aromatic heterocycles. The predicted molar refractivity (Wildman–Crippen MR) is 123 cm³/mol. The Morgan fingerprint density at radius 1 is 1.21 bits per heavy atom. The lowest BCUT2D eigenvalue weighted by molar-refractivity contribution is -0.145. The van der Waals surface area contributed by atoms with Gasteiger partial charge in [0, 0.05) is 6.20 Å². The highest BCUT2D eigenvalue weighted by Crippen LogP contribution is 2.35. The van der Waals surface area contributed by atoms with Crippen molar-refractivity contribution in [2.75, 3.05) is 18.6 Å². The Kier molecular flexibility index (Phi) is 11.2. The number of hydrogen-bond acceptors (Lipinski definition) is 10. The summed E-state index contributed by atoms with van der Waals surface area (Å²) in [7, 11) is -1.67. The van der Waals surface area contributed by atoms with E-state index in [1.165, 1.54) is 16.8 Å². The van der Waals surface area contributed by atoms with Crippen molar-refractivity contribution in [2.24, 2.45) is 0 Å². The van der Waals surface area contributed by atoms with Crippen molar-refractivity contribution in [3.05, 3.63) is 53.1 Å². The number of esters is 1. The zero-order chi connectivity index (χ0) is 24.2. The molecule has 3 N–H and O–H groups in total. The summed E-state index contributed by atoms with van der Waals surface area (Å²) < 4.78 is 24.2. The molecule has 0 spiro atoms. The van der Waals surface area contributed by atoms with Crippen molar-refractivity contribution >= 4 is 20.3 Å². The Balaban J connectivity index is 1.98. The molecule has 0 fully saturated rings. The molecule has 0 saturated carbocycles. The summed E-state index contributed by atoms with van der Waals surface area (Å²) in [6, 6.07) is 10.6. The molecule has 0 saturated heterocycles. The van der Waals surface area contributed by atoms with E-state index in [9.17, 15) is 9.59 Å². The standard InChI is InChI=1S/C21H31N4O7P/c1-5-17(31-16(4)25-12-11-19(24-28)23-21(25)27)14-29-33(22-13-20(26)30-15(2)3)32-18-9-7-6-8-10-18/h6-12,15-17,22,28H,5,13-14H2,1-4H3,(H,23,24,27). The van der Waals surface area contributed by atoms with Crippen LogP contribution in [-0.2, 0) is 18.8 Å². The molecule has 11 nitrogen and oxygen atoms in total. The first-order valence-electron chi connectivity index (χ1n) is 10.6. The molecule has 33 heavy (non-hydrogen) atoms. The monoisotopic (exact) mass is 482 g/mol. The predicted octanol–water partition coefficient (Wildman–Crippen LogP) is 3.22. The largest absolute Gasteiger partial charge is 0.462 e. The fourth-order valence-electron chi connectivity index (χ4n) is 2.61. The van der Waals surface area contributed by atoms with Gasteiger partial charge < -0.3 is 18.5 Å². The van der Waals surface area contributed by atoms with Gasteiger partial charge in [-0.3, -0.25) is 20.0 Å². The maximum Gasteiger partial charge on any atom is 0.351 e. The molecular weight excluding hydrogens is 451 g/mol. The van der Waals surface area contributed by atoms with E-state index >= 15 is 0 Å². The highest BCUT2D eigenvalue weighted by Gasteiger charge is 2.21. The number of carbonyl (C=O) groups excluding carboxylic acids is 1. The SMILES string of the molecule is CCC(COP(NCC(=O)OC(C)C)Oc1ccccc1)OC(C)n1ccc(NO)nc1=O. The van der Waals surface area contributed by atoms with Crippen LogP contribution in [0.4, 0.5) is 5.82 Å². The second-order valence-corrected chi connectivity index (χ2v) is 8.48. The van der Waals surface area contributed by atoms with E-state index in [2.05, 4.69) is 10.1 Å². The molecule has 1 heterocycles. The molecule has 3 unspecified atom stereocenters. The van der Waals surface area contributed by atoms with E-state index in [1.54, 1.807) is 32.9 Å². The van der Waals surface area contributed by atoms with Gasteiger partial charge >= 0.3 is 20.2 Å². The number of hydrogen-bond donors (Lipinski definition) is 3. The van der Waals surface area contributed by atoms with Gasteiger partial charge in [-0.15, -0.1) is 0 Å². The van der Waals surface area contributed by atoms with Gasteiger partial charge in [-0.2, -0.15) is 4.98 Å².